The third-order valence-corrected chi connectivity index (χ3v) is 3.70. The summed E-state index contributed by atoms with van der Waals surface area (Å²) < 4.78 is 0. The maximum atomic E-state index is 3.40. The van der Waals surface area contributed by atoms with Crippen LogP contribution in [0.5, 0.6) is 0 Å². The molecule has 1 N–H and O–H groups in total. The first kappa shape index (κ1) is 10.5. The normalized spacial score (nSPS) is 18.1. The van der Waals surface area contributed by atoms with Gasteiger partial charge in [0.15, 0.2) is 0 Å². The summed E-state index contributed by atoms with van der Waals surface area (Å²) in [6.07, 6.45) is 2.40. The van der Waals surface area contributed by atoms with Crippen LogP contribution in [0.1, 0.15) is 23.6 Å². The summed E-state index contributed by atoms with van der Waals surface area (Å²) in [4.78, 5) is 0. The monoisotopic (exact) mass is 223 g/mol. The van der Waals surface area contributed by atoms with Crippen molar-refractivity contribution in [2.24, 2.45) is 0 Å². The van der Waals surface area contributed by atoms with Crippen LogP contribution in [-0.2, 0) is 6.42 Å². The van der Waals surface area contributed by atoms with E-state index in [-0.39, 0.29) is 0 Å². The highest BCUT2D eigenvalue weighted by Crippen LogP contribution is 2.37. The zero-order chi connectivity index (χ0) is 11.7. The Morgan fingerprint density at radius 1 is 1.00 bits per heavy atom. The topological polar surface area (TPSA) is 12.0 Å². The predicted octanol–water partition coefficient (Wildman–Crippen LogP) is 3.56. The first-order chi connectivity index (χ1) is 8.40. The lowest BCUT2D eigenvalue weighted by Gasteiger charge is -2.12. The van der Waals surface area contributed by atoms with Crippen LogP contribution in [0.2, 0.25) is 0 Å². The molecule has 3 rings (SSSR count). The number of hydrogen-bond acceptors (Lipinski definition) is 1. The summed E-state index contributed by atoms with van der Waals surface area (Å²) >= 11 is 0. The molecule has 0 aromatic heterocycles. The zero-order valence-electron chi connectivity index (χ0n) is 10.1. The third kappa shape index (κ3) is 1.77. The molecule has 1 aliphatic rings. The fraction of sp³-hybridized carbons (Fsp3) is 0.250. The second-order valence-corrected chi connectivity index (χ2v) is 4.62. The summed E-state index contributed by atoms with van der Waals surface area (Å²) in [5.74, 6) is 0. The van der Waals surface area contributed by atoms with Gasteiger partial charge in [-0.25, -0.2) is 0 Å². The van der Waals surface area contributed by atoms with E-state index in [1.54, 1.807) is 0 Å². The molecule has 0 fully saturated rings. The third-order valence-electron chi connectivity index (χ3n) is 3.70. The molecule has 0 spiro atoms. The van der Waals surface area contributed by atoms with E-state index in [2.05, 4.69) is 60.9 Å². The van der Waals surface area contributed by atoms with E-state index in [1.807, 2.05) is 0 Å². The first-order valence-electron chi connectivity index (χ1n) is 6.24. The summed E-state index contributed by atoms with van der Waals surface area (Å²) in [6.45, 7) is 0. The average Bonchev–Trinajstić information content (AvgIpc) is 2.82. The summed E-state index contributed by atoms with van der Waals surface area (Å²) in [5.41, 5.74) is 5.74. The van der Waals surface area contributed by atoms with Gasteiger partial charge in [0.05, 0.1) is 0 Å². The van der Waals surface area contributed by atoms with Crippen LogP contribution < -0.4 is 5.32 Å². The van der Waals surface area contributed by atoms with Crippen LogP contribution in [0.25, 0.3) is 11.1 Å². The molecule has 86 valence electrons. The van der Waals surface area contributed by atoms with Crippen LogP contribution in [0, 0.1) is 0 Å². The fourth-order valence-electron chi connectivity index (χ4n) is 2.84. The second kappa shape index (κ2) is 4.34. The van der Waals surface area contributed by atoms with Crippen molar-refractivity contribution in [2.75, 3.05) is 7.05 Å². The molecular weight excluding hydrogens is 206 g/mol. The standard InChI is InChI=1S/C16H17N/c1-17-16-11-10-14-13(8-5-9-15(14)16)12-6-3-2-4-7-12/h2-9,16-17H,10-11H2,1H3. The number of hydrogen-bond donors (Lipinski definition) is 1. The highest BCUT2D eigenvalue weighted by molar-refractivity contribution is 5.69. The fourth-order valence-corrected chi connectivity index (χ4v) is 2.84. The van der Waals surface area contributed by atoms with Crippen LogP contribution >= 0.6 is 0 Å². The minimum absolute atomic E-state index is 0.536. The number of rotatable bonds is 2. The van der Waals surface area contributed by atoms with E-state index in [1.165, 1.54) is 35.1 Å². The van der Waals surface area contributed by atoms with Crippen molar-refractivity contribution in [1.82, 2.24) is 5.32 Å². The molecule has 0 saturated carbocycles. The lowest BCUT2D eigenvalue weighted by molar-refractivity contribution is 0.590. The van der Waals surface area contributed by atoms with Gasteiger partial charge < -0.3 is 5.32 Å². The number of fused-ring (bicyclic) bond motifs is 1. The molecule has 1 unspecified atom stereocenters. The Labute approximate surface area is 102 Å². The molecule has 17 heavy (non-hydrogen) atoms. The molecule has 1 atom stereocenters. The van der Waals surface area contributed by atoms with Gasteiger partial charge in [-0.15, -0.1) is 0 Å². The van der Waals surface area contributed by atoms with Gasteiger partial charge in [-0.2, -0.15) is 0 Å². The lowest BCUT2D eigenvalue weighted by Crippen LogP contribution is -2.12. The molecule has 2 aromatic rings. The molecular formula is C16H17N. The van der Waals surface area contributed by atoms with Gasteiger partial charge in [0, 0.05) is 6.04 Å². The van der Waals surface area contributed by atoms with Crippen molar-refractivity contribution >= 4 is 0 Å². The summed E-state index contributed by atoms with van der Waals surface area (Å²) in [5, 5.41) is 3.40. The minimum Gasteiger partial charge on any atom is -0.313 e. The van der Waals surface area contributed by atoms with Gasteiger partial charge >= 0.3 is 0 Å². The maximum absolute atomic E-state index is 3.40. The summed E-state index contributed by atoms with van der Waals surface area (Å²) in [7, 11) is 2.05. The van der Waals surface area contributed by atoms with Crippen molar-refractivity contribution in [3.63, 3.8) is 0 Å². The van der Waals surface area contributed by atoms with E-state index in [4.69, 9.17) is 0 Å². The minimum atomic E-state index is 0.536. The molecule has 0 radical (unpaired) electrons. The highest BCUT2D eigenvalue weighted by Gasteiger charge is 2.23. The predicted molar refractivity (Wildman–Crippen MR) is 72.0 cm³/mol. The number of benzene rings is 2. The molecule has 0 amide bonds. The second-order valence-electron chi connectivity index (χ2n) is 4.62. The van der Waals surface area contributed by atoms with Crippen molar-refractivity contribution in [1.29, 1.82) is 0 Å². The van der Waals surface area contributed by atoms with Crippen LogP contribution in [0.4, 0.5) is 0 Å². The number of nitrogens with one attached hydrogen (secondary N) is 1. The average molecular weight is 223 g/mol. The molecule has 0 aliphatic heterocycles. The Hall–Kier alpha value is -1.60. The smallest absolute Gasteiger partial charge is 0.0323 e. The Morgan fingerprint density at radius 2 is 1.82 bits per heavy atom. The van der Waals surface area contributed by atoms with Crippen LogP contribution in [0.3, 0.4) is 0 Å². The van der Waals surface area contributed by atoms with Crippen molar-refractivity contribution in [2.45, 2.75) is 18.9 Å². The quantitative estimate of drug-likeness (QED) is 0.820. The zero-order valence-corrected chi connectivity index (χ0v) is 10.1. The van der Waals surface area contributed by atoms with E-state index < -0.39 is 0 Å². The van der Waals surface area contributed by atoms with Crippen molar-refractivity contribution < 1.29 is 0 Å². The van der Waals surface area contributed by atoms with Gasteiger partial charge in [0.1, 0.15) is 0 Å². The Balaban J connectivity index is 2.12. The van der Waals surface area contributed by atoms with Gasteiger partial charge in [0.2, 0.25) is 0 Å². The van der Waals surface area contributed by atoms with Crippen molar-refractivity contribution in [3.8, 4) is 11.1 Å². The van der Waals surface area contributed by atoms with Gasteiger partial charge in [0.25, 0.3) is 0 Å². The van der Waals surface area contributed by atoms with Gasteiger partial charge in [-0.1, -0.05) is 48.5 Å². The Bertz CT molecular complexity index is 516. The summed E-state index contributed by atoms with van der Waals surface area (Å²) in [6, 6.07) is 17.9. The lowest BCUT2D eigenvalue weighted by atomic mass is 9.96. The Morgan fingerprint density at radius 3 is 2.59 bits per heavy atom. The molecule has 0 heterocycles. The molecule has 2 aromatic carbocycles. The highest BCUT2D eigenvalue weighted by atomic mass is 14.9. The van der Waals surface area contributed by atoms with Crippen LogP contribution in [0.15, 0.2) is 48.5 Å². The van der Waals surface area contributed by atoms with Gasteiger partial charge in [-0.3, -0.25) is 0 Å². The molecule has 0 saturated heterocycles. The molecule has 1 nitrogen and oxygen atoms in total. The van der Waals surface area contributed by atoms with E-state index >= 15 is 0 Å². The maximum Gasteiger partial charge on any atom is 0.0323 e. The molecule has 1 aliphatic carbocycles. The van der Waals surface area contributed by atoms with E-state index in [0.29, 0.717) is 6.04 Å². The van der Waals surface area contributed by atoms with Crippen molar-refractivity contribution in [3.05, 3.63) is 59.7 Å². The molecule has 1 heteroatoms. The van der Waals surface area contributed by atoms with E-state index in [0.717, 1.165) is 0 Å². The van der Waals surface area contributed by atoms with Crippen LogP contribution in [-0.4, -0.2) is 7.05 Å². The SMILES string of the molecule is CNC1CCc2c(-c3ccccc3)cccc21. The molecule has 0 bridgehead atoms. The Kier molecular flexibility index (Phi) is 2.69. The first-order valence-corrected chi connectivity index (χ1v) is 6.24. The largest absolute Gasteiger partial charge is 0.313 e. The van der Waals surface area contributed by atoms with Gasteiger partial charge in [-0.05, 0) is 42.1 Å². The van der Waals surface area contributed by atoms with E-state index in [9.17, 15) is 0 Å².